The maximum atomic E-state index is 13.5. The molecular formula is C26H18O4. The van der Waals surface area contributed by atoms with Gasteiger partial charge in [0.25, 0.3) is 0 Å². The minimum Gasteiger partial charge on any atom is -0.478 e. The molecule has 0 radical (unpaired) electrons. The fourth-order valence-corrected chi connectivity index (χ4v) is 4.20. The normalized spacial score (nSPS) is 15.1. The van der Waals surface area contributed by atoms with Crippen molar-refractivity contribution >= 4 is 28.6 Å². The number of carbonyl (C=O) groups is 1. The molecule has 0 spiro atoms. The van der Waals surface area contributed by atoms with Crippen LogP contribution >= 0.6 is 0 Å². The molecule has 1 aliphatic carbocycles. The summed E-state index contributed by atoms with van der Waals surface area (Å²) in [7, 11) is 0. The van der Waals surface area contributed by atoms with Gasteiger partial charge in [0.15, 0.2) is 5.43 Å². The quantitative estimate of drug-likeness (QED) is 0.506. The van der Waals surface area contributed by atoms with E-state index >= 15 is 0 Å². The highest BCUT2D eigenvalue weighted by Gasteiger charge is 2.32. The molecule has 3 aromatic carbocycles. The second-order valence-electron chi connectivity index (χ2n) is 7.50. The Morgan fingerprint density at radius 3 is 2.47 bits per heavy atom. The van der Waals surface area contributed by atoms with Crippen LogP contribution in [0.2, 0.25) is 0 Å². The third-order valence-electron chi connectivity index (χ3n) is 5.59. The molecular weight excluding hydrogens is 376 g/mol. The number of benzene rings is 3. The zero-order chi connectivity index (χ0) is 20.8. The number of fused-ring (bicyclic) bond motifs is 3. The van der Waals surface area contributed by atoms with E-state index in [1.54, 1.807) is 18.2 Å². The minimum atomic E-state index is -1.08. The predicted molar refractivity (Wildman–Crippen MR) is 117 cm³/mol. The van der Waals surface area contributed by atoms with Gasteiger partial charge in [-0.05, 0) is 41.8 Å². The van der Waals surface area contributed by atoms with Crippen LogP contribution in [0.1, 0.15) is 39.5 Å². The Hall–Kier alpha value is -3.92. The number of carboxylic acids is 1. The van der Waals surface area contributed by atoms with Crippen LogP contribution < -0.4 is 5.43 Å². The van der Waals surface area contributed by atoms with Gasteiger partial charge in [-0.15, -0.1) is 0 Å². The fraction of sp³-hybridized carbons (Fsp3) is 0.0769. The number of hydrogen-bond donors (Lipinski definition) is 1. The lowest BCUT2D eigenvalue weighted by Gasteiger charge is -2.20. The van der Waals surface area contributed by atoms with Crippen LogP contribution in [-0.4, -0.2) is 11.1 Å². The molecule has 1 N–H and O–H groups in total. The molecule has 1 unspecified atom stereocenters. The molecule has 4 aromatic rings. The van der Waals surface area contributed by atoms with E-state index in [0.717, 1.165) is 16.7 Å². The van der Waals surface area contributed by atoms with E-state index in [1.165, 1.54) is 6.08 Å². The Labute approximate surface area is 172 Å². The highest BCUT2D eigenvalue weighted by atomic mass is 16.4. The molecule has 0 amide bonds. The molecule has 4 heteroatoms. The van der Waals surface area contributed by atoms with E-state index in [1.807, 2.05) is 61.5 Å². The summed E-state index contributed by atoms with van der Waals surface area (Å²) in [5.74, 6) is -1.01. The number of aliphatic carboxylic acids is 1. The van der Waals surface area contributed by atoms with E-state index in [0.29, 0.717) is 22.3 Å². The van der Waals surface area contributed by atoms with Crippen molar-refractivity contribution < 1.29 is 14.3 Å². The number of aryl methyl sites for hydroxylation is 1. The summed E-state index contributed by atoms with van der Waals surface area (Å²) in [5.41, 5.74) is 3.91. The zero-order valence-electron chi connectivity index (χ0n) is 16.3. The van der Waals surface area contributed by atoms with E-state index in [9.17, 15) is 14.7 Å². The SMILES string of the molecule is Cc1ccc2oc3c(c(=O)c2c1)C=C(C(=O)O)c1ccccc1C3c1ccccc1. The molecule has 146 valence electrons. The van der Waals surface area contributed by atoms with Crippen molar-refractivity contribution in [2.24, 2.45) is 0 Å². The van der Waals surface area contributed by atoms with Crippen molar-refractivity contribution in [3.05, 3.63) is 117 Å². The standard InChI is InChI=1S/C26H18O4/c1-15-11-12-22-20(13-15)24(27)21-14-19(26(28)29)17-9-5-6-10-18(17)23(25(21)30-22)16-7-3-2-4-8-16/h2-14,23H,1H3,(H,28,29). The van der Waals surface area contributed by atoms with Gasteiger partial charge >= 0.3 is 5.97 Å². The summed E-state index contributed by atoms with van der Waals surface area (Å²) in [5, 5.41) is 10.4. The molecule has 1 aromatic heterocycles. The van der Waals surface area contributed by atoms with Crippen LogP contribution in [0.5, 0.6) is 0 Å². The van der Waals surface area contributed by atoms with Crippen LogP contribution in [0.3, 0.4) is 0 Å². The van der Waals surface area contributed by atoms with E-state index in [2.05, 4.69) is 0 Å². The Morgan fingerprint density at radius 2 is 1.70 bits per heavy atom. The van der Waals surface area contributed by atoms with E-state index in [4.69, 9.17) is 4.42 Å². The second kappa shape index (κ2) is 6.85. The van der Waals surface area contributed by atoms with Crippen molar-refractivity contribution in [3.63, 3.8) is 0 Å². The number of rotatable bonds is 2. The van der Waals surface area contributed by atoms with Crippen LogP contribution in [0.4, 0.5) is 0 Å². The predicted octanol–water partition coefficient (Wildman–Crippen LogP) is 5.22. The largest absolute Gasteiger partial charge is 0.478 e. The van der Waals surface area contributed by atoms with Gasteiger partial charge in [-0.25, -0.2) is 4.79 Å². The summed E-state index contributed by atoms with van der Waals surface area (Å²) < 4.78 is 6.31. The summed E-state index contributed by atoms with van der Waals surface area (Å²) in [6.45, 7) is 1.91. The lowest BCUT2D eigenvalue weighted by atomic mass is 9.85. The highest BCUT2D eigenvalue weighted by Crippen LogP contribution is 2.41. The Bertz CT molecular complexity index is 1390. The third-order valence-corrected chi connectivity index (χ3v) is 5.59. The summed E-state index contributed by atoms with van der Waals surface area (Å²) in [4.78, 5) is 25.6. The van der Waals surface area contributed by atoms with Crippen LogP contribution in [0.15, 0.2) is 82.0 Å². The van der Waals surface area contributed by atoms with Gasteiger partial charge in [-0.2, -0.15) is 0 Å². The fourth-order valence-electron chi connectivity index (χ4n) is 4.20. The first-order valence-electron chi connectivity index (χ1n) is 9.71. The zero-order valence-corrected chi connectivity index (χ0v) is 16.3. The summed E-state index contributed by atoms with van der Waals surface area (Å²) in [6.07, 6.45) is 1.47. The molecule has 0 aliphatic heterocycles. The van der Waals surface area contributed by atoms with Crippen molar-refractivity contribution in [3.8, 4) is 0 Å². The van der Waals surface area contributed by atoms with Gasteiger partial charge < -0.3 is 9.52 Å². The van der Waals surface area contributed by atoms with Gasteiger partial charge in [0.05, 0.1) is 22.4 Å². The maximum Gasteiger partial charge on any atom is 0.336 e. The molecule has 0 bridgehead atoms. The van der Waals surface area contributed by atoms with Gasteiger partial charge in [-0.3, -0.25) is 4.79 Å². The smallest absolute Gasteiger partial charge is 0.336 e. The third kappa shape index (κ3) is 2.77. The first-order valence-corrected chi connectivity index (χ1v) is 9.71. The molecule has 0 saturated heterocycles. The van der Waals surface area contributed by atoms with Crippen molar-refractivity contribution in [1.29, 1.82) is 0 Å². The number of hydrogen-bond acceptors (Lipinski definition) is 3. The second-order valence-corrected chi connectivity index (χ2v) is 7.50. The highest BCUT2D eigenvalue weighted by molar-refractivity contribution is 6.21. The van der Waals surface area contributed by atoms with Gasteiger partial charge in [-0.1, -0.05) is 66.2 Å². The van der Waals surface area contributed by atoms with E-state index < -0.39 is 11.9 Å². The Balaban J connectivity index is 1.96. The molecule has 1 aliphatic rings. The average molecular weight is 394 g/mol. The Morgan fingerprint density at radius 1 is 0.967 bits per heavy atom. The molecule has 0 fully saturated rings. The summed E-state index contributed by atoms with van der Waals surface area (Å²) >= 11 is 0. The van der Waals surface area contributed by atoms with Crippen LogP contribution in [0, 0.1) is 6.92 Å². The lowest BCUT2D eigenvalue weighted by Crippen LogP contribution is -2.13. The first kappa shape index (κ1) is 18.1. The van der Waals surface area contributed by atoms with E-state index in [-0.39, 0.29) is 16.6 Å². The molecule has 4 nitrogen and oxygen atoms in total. The molecule has 1 atom stereocenters. The molecule has 0 saturated carbocycles. The van der Waals surface area contributed by atoms with Gasteiger partial charge in [0.2, 0.25) is 0 Å². The topological polar surface area (TPSA) is 67.5 Å². The molecule has 1 heterocycles. The van der Waals surface area contributed by atoms with Crippen LogP contribution in [0.25, 0.3) is 22.6 Å². The first-order chi connectivity index (χ1) is 14.5. The van der Waals surface area contributed by atoms with Gasteiger partial charge in [0, 0.05) is 0 Å². The van der Waals surface area contributed by atoms with Gasteiger partial charge in [0.1, 0.15) is 11.3 Å². The minimum absolute atomic E-state index is 0.0876. The Kier molecular flexibility index (Phi) is 4.14. The average Bonchev–Trinajstić information content (AvgIpc) is 2.90. The molecule has 5 rings (SSSR count). The lowest BCUT2D eigenvalue weighted by molar-refractivity contribution is -0.130. The van der Waals surface area contributed by atoms with Crippen LogP contribution in [-0.2, 0) is 4.79 Å². The van der Waals surface area contributed by atoms with Crippen molar-refractivity contribution in [2.75, 3.05) is 0 Å². The maximum absolute atomic E-state index is 13.5. The molecule has 30 heavy (non-hydrogen) atoms. The monoisotopic (exact) mass is 394 g/mol. The summed E-state index contributed by atoms with van der Waals surface area (Å²) in [6, 6.07) is 22.6. The van der Waals surface area contributed by atoms with Crippen molar-refractivity contribution in [2.45, 2.75) is 12.8 Å². The van der Waals surface area contributed by atoms with Crippen molar-refractivity contribution in [1.82, 2.24) is 0 Å². The number of carboxylic acid groups (broad SMARTS) is 1.